The fourth-order valence-corrected chi connectivity index (χ4v) is 2.26. The lowest BCUT2D eigenvalue weighted by molar-refractivity contribution is -0.138. The number of fused-ring (bicyclic) bond motifs is 1. The molecule has 2 rings (SSSR count). The lowest BCUT2D eigenvalue weighted by Gasteiger charge is -2.20. The first kappa shape index (κ1) is 13.5. The van der Waals surface area contributed by atoms with Crippen molar-refractivity contribution in [2.45, 2.75) is 19.9 Å². The Bertz CT molecular complexity index is 564. The van der Waals surface area contributed by atoms with Crippen LogP contribution in [0, 0.1) is 0 Å². The van der Waals surface area contributed by atoms with Crippen molar-refractivity contribution in [3.8, 4) is 0 Å². The van der Waals surface area contributed by atoms with Gasteiger partial charge in [0.05, 0.1) is 12.1 Å². The number of carbonyl (C=O) groups is 1. The van der Waals surface area contributed by atoms with Crippen LogP contribution in [0.5, 0.6) is 0 Å². The third-order valence-corrected chi connectivity index (χ3v) is 3.03. The minimum Gasteiger partial charge on any atom is -0.480 e. The van der Waals surface area contributed by atoms with Crippen LogP contribution in [0.2, 0.25) is 0 Å². The van der Waals surface area contributed by atoms with E-state index >= 15 is 0 Å². The van der Waals surface area contributed by atoms with Crippen LogP contribution in [0.25, 0.3) is 10.9 Å². The van der Waals surface area contributed by atoms with E-state index < -0.39 is 5.97 Å². The number of benzene rings is 1. The number of hydrogen-bond acceptors (Lipinski definition) is 3. The van der Waals surface area contributed by atoms with Crippen molar-refractivity contribution in [2.75, 3.05) is 13.1 Å². The summed E-state index contributed by atoms with van der Waals surface area (Å²) in [6.45, 7) is 3.55. The number of carboxylic acids is 1. The zero-order valence-corrected chi connectivity index (χ0v) is 11.0. The van der Waals surface area contributed by atoms with E-state index in [1.807, 2.05) is 35.2 Å². The van der Waals surface area contributed by atoms with E-state index in [1.165, 1.54) is 0 Å². The zero-order valence-electron chi connectivity index (χ0n) is 11.0. The number of carboxylic acid groups (broad SMARTS) is 1. The molecule has 1 heterocycles. The van der Waals surface area contributed by atoms with Crippen molar-refractivity contribution in [2.24, 2.45) is 0 Å². The average Bonchev–Trinajstić information content (AvgIpc) is 2.39. The van der Waals surface area contributed by atoms with Gasteiger partial charge >= 0.3 is 5.97 Å². The SMILES string of the molecule is CCCN(CC(=O)O)Cc1ccnc2ccccc12. The van der Waals surface area contributed by atoms with Gasteiger partial charge in [0.2, 0.25) is 0 Å². The van der Waals surface area contributed by atoms with E-state index in [2.05, 4.69) is 11.9 Å². The predicted molar refractivity (Wildman–Crippen MR) is 74.9 cm³/mol. The van der Waals surface area contributed by atoms with E-state index in [0.29, 0.717) is 6.54 Å². The average molecular weight is 258 g/mol. The van der Waals surface area contributed by atoms with Gasteiger partial charge in [0.1, 0.15) is 0 Å². The quantitative estimate of drug-likeness (QED) is 0.865. The zero-order chi connectivity index (χ0) is 13.7. The summed E-state index contributed by atoms with van der Waals surface area (Å²) in [5.41, 5.74) is 2.08. The summed E-state index contributed by atoms with van der Waals surface area (Å²) in [5, 5.41) is 10.0. The number of rotatable bonds is 6. The third kappa shape index (κ3) is 3.51. The third-order valence-electron chi connectivity index (χ3n) is 3.03. The topological polar surface area (TPSA) is 53.4 Å². The second-order valence-electron chi connectivity index (χ2n) is 4.59. The Kier molecular flexibility index (Phi) is 4.47. The molecule has 2 aromatic rings. The van der Waals surface area contributed by atoms with Crippen molar-refractivity contribution in [3.63, 3.8) is 0 Å². The van der Waals surface area contributed by atoms with Crippen molar-refractivity contribution in [1.82, 2.24) is 9.88 Å². The van der Waals surface area contributed by atoms with Crippen LogP contribution in [0.3, 0.4) is 0 Å². The van der Waals surface area contributed by atoms with Gasteiger partial charge in [0.15, 0.2) is 0 Å². The molecule has 0 amide bonds. The minimum atomic E-state index is -0.785. The second-order valence-corrected chi connectivity index (χ2v) is 4.59. The summed E-state index contributed by atoms with van der Waals surface area (Å²) in [7, 11) is 0. The van der Waals surface area contributed by atoms with Gasteiger partial charge in [0, 0.05) is 18.1 Å². The van der Waals surface area contributed by atoms with Crippen LogP contribution in [-0.4, -0.2) is 34.0 Å². The number of aromatic nitrogens is 1. The van der Waals surface area contributed by atoms with Gasteiger partial charge in [-0.2, -0.15) is 0 Å². The fraction of sp³-hybridized carbons (Fsp3) is 0.333. The molecule has 0 fully saturated rings. The molecule has 1 aromatic carbocycles. The molecule has 0 aliphatic heterocycles. The van der Waals surface area contributed by atoms with Crippen LogP contribution in [0.4, 0.5) is 0 Å². The van der Waals surface area contributed by atoms with Crippen molar-refractivity contribution >= 4 is 16.9 Å². The highest BCUT2D eigenvalue weighted by atomic mass is 16.4. The Balaban J connectivity index is 2.25. The summed E-state index contributed by atoms with van der Waals surface area (Å²) < 4.78 is 0. The molecule has 0 saturated heterocycles. The molecule has 1 aromatic heterocycles. The van der Waals surface area contributed by atoms with E-state index in [-0.39, 0.29) is 6.54 Å². The summed E-state index contributed by atoms with van der Waals surface area (Å²) in [6.07, 6.45) is 2.72. The molecule has 100 valence electrons. The Morgan fingerprint density at radius 2 is 2.11 bits per heavy atom. The number of hydrogen-bond donors (Lipinski definition) is 1. The van der Waals surface area contributed by atoms with Gasteiger partial charge in [-0.25, -0.2) is 0 Å². The lowest BCUT2D eigenvalue weighted by atomic mass is 10.1. The molecular weight excluding hydrogens is 240 g/mol. The lowest BCUT2D eigenvalue weighted by Crippen LogP contribution is -2.30. The molecule has 4 nitrogen and oxygen atoms in total. The van der Waals surface area contributed by atoms with E-state index in [4.69, 9.17) is 5.11 Å². The maximum Gasteiger partial charge on any atom is 0.317 e. The highest BCUT2D eigenvalue weighted by molar-refractivity contribution is 5.81. The number of aliphatic carboxylic acids is 1. The van der Waals surface area contributed by atoms with Crippen molar-refractivity contribution in [1.29, 1.82) is 0 Å². The van der Waals surface area contributed by atoms with E-state index in [1.54, 1.807) is 6.20 Å². The molecule has 0 saturated carbocycles. The Hall–Kier alpha value is -1.94. The molecule has 0 atom stereocenters. The Labute approximate surface area is 112 Å². The number of pyridine rings is 1. The highest BCUT2D eigenvalue weighted by Gasteiger charge is 2.11. The molecule has 0 radical (unpaired) electrons. The summed E-state index contributed by atoms with van der Waals surface area (Å²) in [6, 6.07) is 9.91. The molecule has 4 heteroatoms. The maximum absolute atomic E-state index is 10.9. The summed E-state index contributed by atoms with van der Waals surface area (Å²) in [4.78, 5) is 17.2. The Morgan fingerprint density at radius 1 is 1.32 bits per heavy atom. The predicted octanol–water partition coefficient (Wildman–Crippen LogP) is 2.53. The van der Waals surface area contributed by atoms with Gasteiger partial charge in [-0.15, -0.1) is 0 Å². The standard InChI is InChI=1S/C15H18N2O2/c1-2-9-17(11-15(18)19)10-12-7-8-16-14-6-4-3-5-13(12)14/h3-8H,2,9-11H2,1H3,(H,18,19). The van der Waals surface area contributed by atoms with Crippen LogP contribution in [-0.2, 0) is 11.3 Å². The van der Waals surface area contributed by atoms with Gasteiger partial charge in [-0.05, 0) is 30.7 Å². The largest absolute Gasteiger partial charge is 0.480 e. The van der Waals surface area contributed by atoms with Gasteiger partial charge < -0.3 is 5.11 Å². The molecule has 0 spiro atoms. The fourth-order valence-electron chi connectivity index (χ4n) is 2.26. The van der Waals surface area contributed by atoms with Crippen LogP contribution < -0.4 is 0 Å². The second kappa shape index (κ2) is 6.29. The van der Waals surface area contributed by atoms with Crippen LogP contribution in [0.1, 0.15) is 18.9 Å². The molecule has 0 bridgehead atoms. The minimum absolute atomic E-state index is 0.0739. The molecule has 0 unspecified atom stereocenters. The number of nitrogens with zero attached hydrogens (tertiary/aromatic N) is 2. The number of para-hydroxylation sites is 1. The van der Waals surface area contributed by atoms with Gasteiger partial charge in [-0.1, -0.05) is 25.1 Å². The Morgan fingerprint density at radius 3 is 2.84 bits per heavy atom. The normalized spacial score (nSPS) is 11.1. The van der Waals surface area contributed by atoms with Gasteiger partial charge in [0.25, 0.3) is 0 Å². The summed E-state index contributed by atoms with van der Waals surface area (Å²) in [5.74, 6) is -0.785. The first-order chi connectivity index (χ1) is 9.20. The first-order valence-electron chi connectivity index (χ1n) is 6.47. The summed E-state index contributed by atoms with van der Waals surface area (Å²) >= 11 is 0. The molecular formula is C15H18N2O2. The monoisotopic (exact) mass is 258 g/mol. The first-order valence-corrected chi connectivity index (χ1v) is 6.47. The van der Waals surface area contributed by atoms with E-state index in [9.17, 15) is 4.79 Å². The van der Waals surface area contributed by atoms with Gasteiger partial charge in [-0.3, -0.25) is 14.7 Å². The highest BCUT2D eigenvalue weighted by Crippen LogP contribution is 2.17. The molecule has 0 aliphatic carbocycles. The molecule has 19 heavy (non-hydrogen) atoms. The smallest absolute Gasteiger partial charge is 0.317 e. The molecule has 1 N–H and O–H groups in total. The maximum atomic E-state index is 10.9. The van der Waals surface area contributed by atoms with Crippen LogP contribution in [0.15, 0.2) is 36.5 Å². The van der Waals surface area contributed by atoms with Crippen LogP contribution >= 0.6 is 0 Å². The molecule has 0 aliphatic rings. The van der Waals surface area contributed by atoms with Crippen molar-refractivity contribution in [3.05, 3.63) is 42.1 Å². The van der Waals surface area contributed by atoms with E-state index in [0.717, 1.165) is 29.4 Å². The van der Waals surface area contributed by atoms with Crippen molar-refractivity contribution < 1.29 is 9.90 Å².